The summed E-state index contributed by atoms with van der Waals surface area (Å²) in [4.78, 5) is 6.23. The van der Waals surface area contributed by atoms with Gasteiger partial charge in [0.05, 0.1) is 5.69 Å². The minimum Gasteiger partial charge on any atom is -0.309 e. The highest BCUT2D eigenvalue weighted by atomic mass is 32.1. The minimum atomic E-state index is -0.0422. The summed E-state index contributed by atoms with van der Waals surface area (Å²) in [6.07, 6.45) is 1.16. The molecule has 0 aliphatic rings. The number of aryl methyl sites for hydroxylation is 1. The summed E-state index contributed by atoms with van der Waals surface area (Å²) in [5.74, 6) is 0. The Kier molecular flexibility index (Phi) is 5.17. The maximum Gasteiger partial charge on any atom is 0.103 e. The van der Waals surface area contributed by atoms with E-state index < -0.39 is 0 Å². The number of hydrogen-bond acceptors (Lipinski definition) is 3. The molecule has 3 heteroatoms. The summed E-state index contributed by atoms with van der Waals surface area (Å²) in [5.41, 5.74) is 2.44. The predicted octanol–water partition coefficient (Wildman–Crippen LogP) is 4.84. The van der Waals surface area contributed by atoms with Crippen molar-refractivity contribution >= 4 is 11.3 Å². The number of aromatic nitrogens is 1. The van der Waals surface area contributed by atoms with Crippen LogP contribution in [-0.4, -0.2) is 11.5 Å². The first-order chi connectivity index (χ1) is 9.96. The van der Waals surface area contributed by atoms with Gasteiger partial charge in [-0.15, -0.1) is 11.3 Å². The Labute approximate surface area is 132 Å². The third kappa shape index (κ3) is 3.53. The van der Waals surface area contributed by atoms with Gasteiger partial charge in [0.15, 0.2) is 0 Å². The molecule has 1 heterocycles. The first-order valence-corrected chi connectivity index (χ1v) is 8.55. The highest BCUT2D eigenvalue weighted by Gasteiger charge is 2.28. The van der Waals surface area contributed by atoms with Crippen molar-refractivity contribution in [1.29, 1.82) is 0 Å². The highest BCUT2D eigenvalue weighted by Crippen LogP contribution is 2.37. The number of nitrogens with one attached hydrogen (secondary N) is 1. The van der Waals surface area contributed by atoms with Crippen molar-refractivity contribution in [2.24, 2.45) is 0 Å². The van der Waals surface area contributed by atoms with Crippen LogP contribution in [0.3, 0.4) is 0 Å². The second-order valence-electron chi connectivity index (χ2n) is 6.14. The monoisotopic (exact) mass is 302 g/mol. The quantitative estimate of drug-likeness (QED) is 0.826. The maximum atomic E-state index is 4.87. The lowest BCUT2D eigenvalue weighted by Crippen LogP contribution is -2.19. The Morgan fingerprint density at radius 3 is 2.52 bits per heavy atom. The van der Waals surface area contributed by atoms with Gasteiger partial charge in [-0.2, -0.15) is 0 Å². The highest BCUT2D eigenvalue weighted by molar-refractivity contribution is 7.12. The number of hydrogen-bond donors (Lipinski definition) is 1. The number of rotatable bonds is 6. The standard InChI is InChI=1S/C18H26N2S/c1-6-12-19-13(2)16-14(3)20-17(21-16)18(4,5)15-10-8-7-9-11-15/h7-11,13,19H,6,12H2,1-5H3. The molecular formula is C18H26N2S. The van der Waals surface area contributed by atoms with Crippen LogP contribution >= 0.6 is 11.3 Å². The molecule has 114 valence electrons. The van der Waals surface area contributed by atoms with E-state index in [0.29, 0.717) is 6.04 Å². The normalized spacial score (nSPS) is 13.4. The molecule has 0 fully saturated rings. The maximum absolute atomic E-state index is 4.87. The Bertz CT molecular complexity index is 572. The molecule has 0 radical (unpaired) electrons. The Morgan fingerprint density at radius 1 is 1.24 bits per heavy atom. The smallest absolute Gasteiger partial charge is 0.103 e. The van der Waals surface area contributed by atoms with E-state index in [4.69, 9.17) is 4.98 Å². The first kappa shape index (κ1) is 16.2. The zero-order valence-electron chi connectivity index (χ0n) is 13.7. The molecule has 0 spiro atoms. The van der Waals surface area contributed by atoms with Crippen molar-refractivity contribution in [3.05, 3.63) is 51.5 Å². The van der Waals surface area contributed by atoms with Crippen LogP contribution < -0.4 is 5.32 Å². The molecule has 21 heavy (non-hydrogen) atoms. The molecule has 0 saturated carbocycles. The first-order valence-electron chi connectivity index (χ1n) is 7.73. The van der Waals surface area contributed by atoms with Crippen LogP contribution in [0, 0.1) is 6.92 Å². The van der Waals surface area contributed by atoms with E-state index in [9.17, 15) is 0 Å². The lowest BCUT2D eigenvalue weighted by atomic mass is 9.85. The molecule has 0 saturated heterocycles. The zero-order valence-corrected chi connectivity index (χ0v) is 14.6. The van der Waals surface area contributed by atoms with Crippen LogP contribution in [0.15, 0.2) is 30.3 Å². The molecule has 1 unspecified atom stereocenters. The molecule has 0 bridgehead atoms. The third-order valence-corrected chi connectivity index (χ3v) is 5.62. The second kappa shape index (κ2) is 6.71. The summed E-state index contributed by atoms with van der Waals surface area (Å²) < 4.78 is 0. The Hall–Kier alpha value is -1.19. The summed E-state index contributed by atoms with van der Waals surface area (Å²) >= 11 is 1.85. The Balaban J connectivity index is 2.29. The van der Waals surface area contributed by atoms with Crippen LogP contribution in [0.2, 0.25) is 0 Å². The average molecular weight is 302 g/mol. The number of nitrogens with zero attached hydrogens (tertiary/aromatic N) is 1. The predicted molar refractivity (Wildman–Crippen MR) is 92.1 cm³/mol. The van der Waals surface area contributed by atoms with Crippen molar-refractivity contribution in [1.82, 2.24) is 10.3 Å². The van der Waals surface area contributed by atoms with E-state index in [1.165, 1.54) is 15.4 Å². The molecule has 2 aromatic rings. The topological polar surface area (TPSA) is 24.9 Å². The molecule has 2 nitrogen and oxygen atoms in total. The summed E-state index contributed by atoms with van der Waals surface area (Å²) in [6, 6.07) is 11.0. The molecular weight excluding hydrogens is 276 g/mol. The van der Waals surface area contributed by atoms with E-state index in [2.05, 4.69) is 70.3 Å². The van der Waals surface area contributed by atoms with Crippen LogP contribution in [0.1, 0.15) is 61.3 Å². The Morgan fingerprint density at radius 2 is 1.90 bits per heavy atom. The SMILES string of the molecule is CCCNC(C)c1sc(C(C)(C)c2ccccc2)nc1C. The van der Waals surface area contributed by atoms with Gasteiger partial charge in [0.25, 0.3) is 0 Å². The van der Waals surface area contributed by atoms with Gasteiger partial charge < -0.3 is 5.32 Å². The molecule has 1 atom stereocenters. The zero-order chi connectivity index (χ0) is 15.5. The molecule has 0 aliphatic carbocycles. The van der Waals surface area contributed by atoms with Crippen LogP contribution in [0.5, 0.6) is 0 Å². The van der Waals surface area contributed by atoms with Crippen LogP contribution in [0.4, 0.5) is 0 Å². The largest absolute Gasteiger partial charge is 0.309 e. The van der Waals surface area contributed by atoms with Gasteiger partial charge in [-0.3, -0.25) is 0 Å². The van der Waals surface area contributed by atoms with Crippen molar-refractivity contribution < 1.29 is 0 Å². The van der Waals surface area contributed by atoms with Crippen molar-refractivity contribution in [3.63, 3.8) is 0 Å². The van der Waals surface area contributed by atoms with Crippen LogP contribution in [0.25, 0.3) is 0 Å². The molecule has 0 aliphatic heterocycles. The number of thiazole rings is 1. The fourth-order valence-electron chi connectivity index (χ4n) is 2.51. The molecule has 1 N–H and O–H groups in total. The van der Waals surface area contributed by atoms with Gasteiger partial charge in [-0.05, 0) is 46.2 Å². The molecule has 2 rings (SSSR count). The fourth-order valence-corrected chi connectivity index (χ4v) is 3.73. The van der Waals surface area contributed by atoms with E-state index in [1.54, 1.807) is 0 Å². The van der Waals surface area contributed by atoms with Gasteiger partial charge in [0.1, 0.15) is 5.01 Å². The average Bonchev–Trinajstić information content (AvgIpc) is 2.88. The van der Waals surface area contributed by atoms with Gasteiger partial charge >= 0.3 is 0 Å². The van der Waals surface area contributed by atoms with Gasteiger partial charge in [-0.1, -0.05) is 37.3 Å². The second-order valence-corrected chi connectivity index (χ2v) is 7.17. The minimum absolute atomic E-state index is 0.0422. The van der Waals surface area contributed by atoms with Crippen LogP contribution in [-0.2, 0) is 5.41 Å². The van der Waals surface area contributed by atoms with Gasteiger partial charge in [0.2, 0.25) is 0 Å². The van der Waals surface area contributed by atoms with Crippen molar-refractivity contribution in [3.8, 4) is 0 Å². The van der Waals surface area contributed by atoms with Gasteiger partial charge in [0, 0.05) is 16.3 Å². The molecule has 1 aromatic heterocycles. The van der Waals surface area contributed by atoms with Gasteiger partial charge in [-0.25, -0.2) is 4.98 Å². The lowest BCUT2D eigenvalue weighted by molar-refractivity contribution is 0.575. The van der Waals surface area contributed by atoms with Crippen molar-refractivity contribution in [2.75, 3.05) is 6.54 Å². The molecule has 0 amide bonds. The summed E-state index contributed by atoms with van der Waals surface area (Å²) in [7, 11) is 0. The third-order valence-electron chi connectivity index (χ3n) is 3.96. The van der Waals surface area contributed by atoms with Crippen molar-refractivity contribution in [2.45, 2.75) is 52.5 Å². The summed E-state index contributed by atoms with van der Waals surface area (Å²) in [5, 5.41) is 4.76. The fraction of sp³-hybridized carbons (Fsp3) is 0.500. The number of benzene rings is 1. The van der Waals surface area contributed by atoms with E-state index >= 15 is 0 Å². The summed E-state index contributed by atoms with van der Waals surface area (Å²) in [6.45, 7) is 12.1. The molecule has 1 aromatic carbocycles. The van der Waals surface area contributed by atoms with E-state index in [1.807, 2.05) is 11.3 Å². The lowest BCUT2D eigenvalue weighted by Gasteiger charge is -2.22. The van der Waals surface area contributed by atoms with E-state index in [-0.39, 0.29) is 5.41 Å². The van der Waals surface area contributed by atoms with E-state index in [0.717, 1.165) is 18.7 Å².